The number of piperazine rings is 1. The first-order chi connectivity index (χ1) is 14.2. The Morgan fingerprint density at radius 2 is 1.83 bits per heavy atom. The molecule has 7 heteroatoms. The summed E-state index contributed by atoms with van der Waals surface area (Å²) in [5.41, 5.74) is 1.68. The number of hydrogen-bond donors (Lipinski definition) is 0. The summed E-state index contributed by atoms with van der Waals surface area (Å²) < 4.78 is 1.59. The zero-order valence-corrected chi connectivity index (χ0v) is 17.4. The Hall–Kier alpha value is -2.09. The lowest BCUT2D eigenvalue weighted by Gasteiger charge is -2.40. The van der Waals surface area contributed by atoms with Crippen LogP contribution in [0.4, 0.5) is 0 Å². The second kappa shape index (κ2) is 9.61. The Labute approximate surface area is 172 Å². The molecule has 156 valence electrons. The fraction of sp³-hybridized carbons (Fsp3) is 0.591. The Morgan fingerprint density at radius 3 is 2.59 bits per heavy atom. The molecule has 0 bridgehead atoms. The maximum Gasteiger partial charge on any atom is 0.266 e. The maximum atomic E-state index is 12.2. The molecule has 2 fully saturated rings. The lowest BCUT2D eigenvalue weighted by molar-refractivity contribution is 0.0826. The Bertz CT molecular complexity index is 831. The fourth-order valence-electron chi connectivity index (χ4n) is 4.38. The third-order valence-electron chi connectivity index (χ3n) is 6.31. The molecule has 0 aliphatic carbocycles. The summed E-state index contributed by atoms with van der Waals surface area (Å²) in [6.07, 6.45) is 7.56. The van der Waals surface area contributed by atoms with Crippen LogP contribution in [0.3, 0.4) is 0 Å². The first-order valence-electron chi connectivity index (χ1n) is 10.8. The first-order valence-corrected chi connectivity index (χ1v) is 10.8. The van der Waals surface area contributed by atoms with E-state index in [1.807, 2.05) is 12.1 Å². The average Bonchev–Trinajstić information content (AvgIpc) is 2.76. The summed E-state index contributed by atoms with van der Waals surface area (Å²) in [6.45, 7) is 8.27. The topological polar surface area (TPSA) is 57.5 Å². The second-order valence-electron chi connectivity index (χ2n) is 8.29. The number of pyridine rings is 1. The highest BCUT2D eigenvalue weighted by atomic mass is 16.1. The van der Waals surface area contributed by atoms with Gasteiger partial charge in [0.05, 0.1) is 12.2 Å². The van der Waals surface area contributed by atoms with E-state index in [0.717, 1.165) is 44.0 Å². The Kier molecular flexibility index (Phi) is 6.69. The van der Waals surface area contributed by atoms with E-state index < -0.39 is 0 Å². The molecular weight excluding hydrogens is 364 g/mol. The standard InChI is InChI=1S/C22H32N6O/c1-25-10-3-2-6-20(25)18-27-13-11-26(12-14-27)15-16-28-22(29)8-7-21(24-28)19-5-4-9-23-17-19/h4-5,7-9,17,20H,2-3,6,10-16,18H2,1H3. The molecule has 0 amide bonds. The molecule has 0 spiro atoms. The van der Waals surface area contributed by atoms with Crippen molar-refractivity contribution in [1.29, 1.82) is 0 Å². The molecule has 4 heterocycles. The number of nitrogens with zero attached hydrogens (tertiary/aromatic N) is 6. The van der Waals surface area contributed by atoms with Crippen LogP contribution in [-0.4, -0.2) is 88.4 Å². The summed E-state index contributed by atoms with van der Waals surface area (Å²) in [4.78, 5) is 24.0. The highest BCUT2D eigenvalue weighted by molar-refractivity contribution is 5.56. The smallest absolute Gasteiger partial charge is 0.266 e. The van der Waals surface area contributed by atoms with E-state index in [1.165, 1.54) is 32.4 Å². The lowest BCUT2D eigenvalue weighted by Crippen LogP contribution is -2.52. The molecule has 2 aliphatic heterocycles. The van der Waals surface area contributed by atoms with Crippen molar-refractivity contribution in [3.8, 4) is 11.3 Å². The monoisotopic (exact) mass is 396 g/mol. The number of rotatable bonds is 6. The van der Waals surface area contributed by atoms with Gasteiger partial charge in [-0.2, -0.15) is 5.10 Å². The summed E-state index contributed by atoms with van der Waals surface area (Å²) in [7, 11) is 2.27. The van der Waals surface area contributed by atoms with Crippen LogP contribution in [0.25, 0.3) is 11.3 Å². The highest BCUT2D eigenvalue weighted by Gasteiger charge is 2.24. The lowest BCUT2D eigenvalue weighted by atomic mass is 10.0. The Balaban J connectivity index is 1.28. The molecule has 2 aromatic rings. The van der Waals surface area contributed by atoms with Crippen LogP contribution < -0.4 is 5.56 Å². The molecule has 0 aromatic carbocycles. The minimum atomic E-state index is -0.0448. The molecule has 1 atom stereocenters. The van der Waals surface area contributed by atoms with Crippen molar-refractivity contribution in [2.75, 3.05) is 52.9 Å². The Morgan fingerprint density at radius 1 is 1.00 bits per heavy atom. The van der Waals surface area contributed by atoms with Gasteiger partial charge in [0, 0.05) is 69.3 Å². The van der Waals surface area contributed by atoms with Crippen LogP contribution >= 0.6 is 0 Å². The van der Waals surface area contributed by atoms with Crippen molar-refractivity contribution < 1.29 is 0 Å². The van der Waals surface area contributed by atoms with Gasteiger partial charge in [-0.05, 0) is 44.6 Å². The van der Waals surface area contributed by atoms with E-state index >= 15 is 0 Å². The van der Waals surface area contributed by atoms with Gasteiger partial charge in [-0.1, -0.05) is 6.42 Å². The zero-order chi connectivity index (χ0) is 20.1. The SMILES string of the molecule is CN1CCCCC1CN1CCN(CCn2nc(-c3cccnc3)ccc2=O)CC1. The summed E-state index contributed by atoms with van der Waals surface area (Å²) >= 11 is 0. The molecule has 29 heavy (non-hydrogen) atoms. The summed E-state index contributed by atoms with van der Waals surface area (Å²) in [6, 6.07) is 7.95. The number of piperidine rings is 1. The number of likely N-dealkylation sites (N-methyl/N-ethyl adjacent to an activating group) is 1. The van der Waals surface area contributed by atoms with E-state index in [0.29, 0.717) is 12.6 Å². The molecule has 0 saturated carbocycles. The van der Waals surface area contributed by atoms with Gasteiger partial charge in [-0.3, -0.25) is 19.6 Å². The van der Waals surface area contributed by atoms with Crippen LogP contribution in [0.2, 0.25) is 0 Å². The van der Waals surface area contributed by atoms with Gasteiger partial charge >= 0.3 is 0 Å². The van der Waals surface area contributed by atoms with E-state index in [4.69, 9.17) is 0 Å². The third-order valence-corrected chi connectivity index (χ3v) is 6.31. The van der Waals surface area contributed by atoms with Gasteiger partial charge < -0.3 is 4.90 Å². The third kappa shape index (κ3) is 5.29. The van der Waals surface area contributed by atoms with Gasteiger partial charge in [-0.15, -0.1) is 0 Å². The zero-order valence-electron chi connectivity index (χ0n) is 17.4. The highest BCUT2D eigenvalue weighted by Crippen LogP contribution is 2.17. The van der Waals surface area contributed by atoms with Crippen molar-refractivity contribution in [2.24, 2.45) is 0 Å². The molecular formula is C22H32N6O. The van der Waals surface area contributed by atoms with Crippen molar-refractivity contribution in [3.05, 3.63) is 47.0 Å². The van der Waals surface area contributed by atoms with Gasteiger partial charge in [-0.25, -0.2) is 4.68 Å². The van der Waals surface area contributed by atoms with Crippen molar-refractivity contribution in [2.45, 2.75) is 31.8 Å². The molecule has 7 nitrogen and oxygen atoms in total. The first kappa shape index (κ1) is 20.2. The van der Waals surface area contributed by atoms with E-state index in [-0.39, 0.29) is 5.56 Å². The van der Waals surface area contributed by atoms with Gasteiger partial charge in [0.1, 0.15) is 0 Å². The summed E-state index contributed by atoms with van der Waals surface area (Å²) in [5, 5.41) is 4.55. The van der Waals surface area contributed by atoms with Crippen molar-refractivity contribution in [1.82, 2.24) is 29.5 Å². The summed E-state index contributed by atoms with van der Waals surface area (Å²) in [5.74, 6) is 0. The molecule has 2 saturated heterocycles. The van der Waals surface area contributed by atoms with E-state index in [1.54, 1.807) is 29.2 Å². The molecule has 4 rings (SSSR count). The number of hydrogen-bond acceptors (Lipinski definition) is 6. The van der Waals surface area contributed by atoms with Crippen molar-refractivity contribution in [3.63, 3.8) is 0 Å². The van der Waals surface area contributed by atoms with Gasteiger partial charge in [0.25, 0.3) is 5.56 Å². The van der Waals surface area contributed by atoms with Crippen LogP contribution in [0.1, 0.15) is 19.3 Å². The van der Waals surface area contributed by atoms with Crippen molar-refractivity contribution >= 4 is 0 Å². The number of likely N-dealkylation sites (tertiary alicyclic amines) is 1. The van der Waals surface area contributed by atoms with E-state index in [2.05, 4.69) is 31.8 Å². The molecule has 2 aromatic heterocycles. The number of aromatic nitrogens is 3. The quantitative estimate of drug-likeness (QED) is 0.736. The molecule has 2 aliphatic rings. The van der Waals surface area contributed by atoms with Crippen LogP contribution in [0.15, 0.2) is 41.5 Å². The molecule has 0 radical (unpaired) electrons. The average molecular weight is 397 g/mol. The minimum absolute atomic E-state index is 0.0448. The largest absolute Gasteiger partial charge is 0.302 e. The predicted octanol–water partition coefficient (Wildman–Crippen LogP) is 1.41. The fourth-order valence-corrected chi connectivity index (χ4v) is 4.38. The molecule has 0 N–H and O–H groups in total. The minimum Gasteiger partial charge on any atom is -0.302 e. The van der Waals surface area contributed by atoms with Gasteiger partial charge in [0.15, 0.2) is 0 Å². The van der Waals surface area contributed by atoms with Crippen LogP contribution in [-0.2, 0) is 6.54 Å². The van der Waals surface area contributed by atoms with Crippen LogP contribution in [0, 0.1) is 0 Å². The predicted molar refractivity (Wildman–Crippen MR) is 115 cm³/mol. The van der Waals surface area contributed by atoms with E-state index in [9.17, 15) is 4.79 Å². The van der Waals surface area contributed by atoms with Crippen LogP contribution in [0.5, 0.6) is 0 Å². The molecule has 1 unspecified atom stereocenters. The normalized spacial score (nSPS) is 22.0. The maximum absolute atomic E-state index is 12.2. The second-order valence-corrected chi connectivity index (χ2v) is 8.29. The van der Waals surface area contributed by atoms with Gasteiger partial charge in [0.2, 0.25) is 0 Å².